The third kappa shape index (κ3) is 3.70. The third-order valence-electron chi connectivity index (χ3n) is 6.53. The van der Waals surface area contributed by atoms with E-state index >= 15 is 0 Å². The van der Waals surface area contributed by atoms with Crippen molar-refractivity contribution in [1.29, 1.82) is 0 Å². The van der Waals surface area contributed by atoms with Crippen LogP contribution in [0.2, 0.25) is 5.02 Å². The topological polar surface area (TPSA) is 79.3 Å². The predicted octanol–water partition coefficient (Wildman–Crippen LogP) is 4.69. The van der Waals surface area contributed by atoms with Gasteiger partial charge in [-0.05, 0) is 55.9 Å². The second-order valence-electron chi connectivity index (χ2n) is 9.08. The first-order chi connectivity index (χ1) is 15.1. The van der Waals surface area contributed by atoms with E-state index in [2.05, 4.69) is 15.4 Å². The van der Waals surface area contributed by atoms with Gasteiger partial charge in [0.05, 0.1) is 11.9 Å². The van der Waals surface area contributed by atoms with Gasteiger partial charge in [0, 0.05) is 35.4 Å². The van der Waals surface area contributed by atoms with Crippen LogP contribution in [0.5, 0.6) is 0 Å². The van der Waals surface area contributed by atoms with Crippen molar-refractivity contribution in [1.82, 2.24) is 19.9 Å². The molecule has 0 unspecified atom stereocenters. The smallest absolute Gasteiger partial charge is 0.274 e. The minimum Gasteiger partial charge on any atom is -0.348 e. The van der Waals surface area contributed by atoms with Gasteiger partial charge in [0.25, 0.3) is 11.5 Å². The Bertz CT molecular complexity index is 1290. The second-order valence-corrected chi connectivity index (χ2v) is 9.48. The summed E-state index contributed by atoms with van der Waals surface area (Å²) in [7, 11) is 0. The fourth-order valence-corrected chi connectivity index (χ4v) is 4.59. The van der Waals surface area contributed by atoms with Gasteiger partial charge in [0.15, 0.2) is 5.69 Å². The number of fused-ring (bicyclic) bond motifs is 1. The molecule has 1 atom stereocenters. The number of amides is 1. The number of aryl methyl sites for hydroxylation is 1. The van der Waals surface area contributed by atoms with E-state index in [-0.39, 0.29) is 17.3 Å². The number of benzene rings is 1. The lowest BCUT2D eigenvalue weighted by Gasteiger charge is -2.34. The number of halogens is 3. The Kier molecular flexibility index (Phi) is 4.89. The fourth-order valence-electron chi connectivity index (χ4n) is 4.47. The highest BCUT2D eigenvalue weighted by Crippen LogP contribution is 2.50. The number of hydrogen-bond donors (Lipinski definition) is 2. The number of nitrogens with zero attached hydrogens (tertiary/aromatic N) is 2. The van der Waals surface area contributed by atoms with E-state index in [0.717, 1.165) is 24.0 Å². The molecule has 1 aromatic carbocycles. The van der Waals surface area contributed by atoms with Crippen LogP contribution in [-0.4, -0.2) is 32.5 Å². The molecule has 0 radical (unpaired) electrons. The van der Waals surface area contributed by atoms with Gasteiger partial charge in [-0.3, -0.25) is 9.59 Å². The molecule has 168 valence electrons. The number of nitrogens with one attached hydrogen (secondary N) is 2. The number of carbonyl (C=O) groups excluding carboxylic acids is 1. The molecule has 2 aromatic heterocycles. The summed E-state index contributed by atoms with van der Waals surface area (Å²) in [6.45, 7) is 3.78. The van der Waals surface area contributed by atoms with Crippen LogP contribution < -0.4 is 10.9 Å². The summed E-state index contributed by atoms with van der Waals surface area (Å²) in [6.07, 6.45) is 2.92. The van der Waals surface area contributed by atoms with Gasteiger partial charge in [-0.1, -0.05) is 17.7 Å². The van der Waals surface area contributed by atoms with Gasteiger partial charge < -0.3 is 10.3 Å². The van der Waals surface area contributed by atoms with Crippen LogP contribution in [0.15, 0.2) is 29.2 Å². The van der Waals surface area contributed by atoms with Crippen LogP contribution in [-0.2, 0) is 0 Å². The zero-order chi connectivity index (χ0) is 22.8. The monoisotopic (exact) mass is 460 g/mol. The molecule has 1 amide bonds. The normalized spacial score (nSPS) is 19.0. The first-order valence-electron chi connectivity index (χ1n) is 10.7. The number of rotatable bonds is 5. The van der Waals surface area contributed by atoms with Crippen molar-refractivity contribution in [3.63, 3.8) is 0 Å². The molecule has 2 N–H and O–H groups in total. The fraction of sp³-hybridized carbons (Fsp3) is 0.435. The van der Waals surface area contributed by atoms with Gasteiger partial charge in [-0.25, -0.2) is 13.3 Å². The molecule has 2 fully saturated rings. The molecular weight excluding hydrogens is 438 g/mol. The summed E-state index contributed by atoms with van der Waals surface area (Å²) in [5.74, 6) is -3.39. The van der Waals surface area contributed by atoms with Crippen LogP contribution in [0.3, 0.4) is 0 Å². The van der Waals surface area contributed by atoms with Crippen LogP contribution in [0.4, 0.5) is 8.78 Å². The minimum atomic E-state index is -2.79. The zero-order valence-corrected chi connectivity index (χ0v) is 18.5. The molecule has 0 aliphatic heterocycles. The Balaban J connectivity index is 1.61. The van der Waals surface area contributed by atoms with E-state index in [1.807, 2.05) is 19.9 Å². The van der Waals surface area contributed by atoms with E-state index in [9.17, 15) is 18.4 Å². The first-order valence-corrected chi connectivity index (χ1v) is 11.1. The number of alkyl halides is 2. The quantitative estimate of drug-likeness (QED) is 0.579. The molecule has 32 heavy (non-hydrogen) atoms. The Hall–Kier alpha value is -2.74. The molecule has 6 nitrogen and oxygen atoms in total. The van der Waals surface area contributed by atoms with Gasteiger partial charge in [0.1, 0.15) is 5.52 Å². The van der Waals surface area contributed by atoms with Gasteiger partial charge in [0.2, 0.25) is 5.92 Å². The van der Waals surface area contributed by atoms with Crippen molar-refractivity contribution in [2.45, 2.75) is 57.4 Å². The number of hydrogen-bond acceptors (Lipinski definition) is 3. The molecule has 0 saturated heterocycles. The molecule has 5 rings (SSSR count). The maximum atomic E-state index is 13.7. The summed E-state index contributed by atoms with van der Waals surface area (Å²) in [5, 5.41) is 7.94. The van der Waals surface area contributed by atoms with Crippen molar-refractivity contribution in [2.24, 2.45) is 5.92 Å². The largest absolute Gasteiger partial charge is 0.348 e. The van der Waals surface area contributed by atoms with Gasteiger partial charge in [-0.2, -0.15) is 5.10 Å². The van der Waals surface area contributed by atoms with Crippen molar-refractivity contribution in [3.05, 3.63) is 56.6 Å². The Morgan fingerprint density at radius 2 is 2.06 bits per heavy atom. The van der Waals surface area contributed by atoms with Crippen molar-refractivity contribution >= 4 is 23.0 Å². The molecule has 3 aromatic rings. The number of H-pyrrole nitrogens is 1. The Labute approximate surface area is 188 Å². The standard InChI is InChI=1S/C23H23ClF2N4O2/c1-11-7-14(5-6-16(11)24)17-10-30-20(22(32)28-17)18(15-8-23(25,26)9-15)19(29-30)21(31)27-12(2)13-3-4-13/h5-7,10,12-13,15H,3-4,8-9H2,1-2H3,(H,27,31)(H,28,32)/t12-/m0/s1. The summed E-state index contributed by atoms with van der Waals surface area (Å²) in [4.78, 5) is 28.9. The van der Waals surface area contributed by atoms with Crippen LogP contribution in [0, 0.1) is 12.8 Å². The summed E-state index contributed by atoms with van der Waals surface area (Å²) >= 11 is 6.11. The maximum Gasteiger partial charge on any atom is 0.274 e. The summed E-state index contributed by atoms with van der Waals surface area (Å²) in [5.41, 5.74) is 2.09. The minimum absolute atomic E-state index is 0.0334. The van der Waals surface area contributed by atoms with E-state index in [0.29, 0.717) is 22.2 Å². The van der Waals surface area contributed by atoms with Crippen LogP contribution in [0.25, 0.3) is 16.8 Å². The lowest BCUT2D eigenvalue weighted by Crippen LogP contribution is -2.37. The third-order valence-corrected chi connectivity index (χ3v) is 6.96. The molecule has 0 bridgehead atoms. The average Bonchev–Trinajstić information content (AvgIpc) is 3.48. The van der Waals surface area contributed by atoms with E-state index in [1.54, 1.807) is 18.3 Å². The first kappa shape index (κ1) is 21.1. The Morgan fingerprint density at radius 3 is 2.69 bits per heavy atom. The Morgan fingerprint density at radius 1 is 1.34 bits per heavy atom. The molecule has 2 heterocycles. The molecule has 9 heteroatoms. The SMILES string of the molecule is Cc1cc(-c2cn3nc(C(=O)N[C@@H](C)C4CC4)c(C4CC(F)(F)C4)c3c(=O)[nH]2)ccc1Cl. The highest BCUT2D eigenvalue weighted by Gasteiger charge is 2.48. The number of aromatic amines is 1. The highest BCUT2D eigenvalue weighted by molar-refractivity contribution is 6.31. The van der Waals surface area contributed by atoms with Crippen molar-refractivity contribution in [2.75, 3.05) is 0 Å². The van der Waals surface area contributed by atoms with Crippen molar-refractivity contribution < 1.29 is 13.6 Å². The summed E-state index contributed by atoms with van der Waals surface area (Å²) in [6, 6.07) is 5.31. The average molecular weight is 461 g/mol. The molecule has 0 spiro atoms. The zero-order valence-electron chi connectivity index (χ0n) is 17.7. The van der Waals surface area contributed by atoms with Gasteiger partial charge >= 0.3 is 0 Å². The maximum absolute atomic E-state index is 13.7. The number of aromatic nitrogens is 3. The van der Waals surface area contributed by atoms with Crippen LogP contribution in [0.1, 0.15) is 60.1 Å². The molecular formula is C23H23ClF2N4O2. The molecule has 2 aliphatic carbocycles. The summed E-state index contributed by atoms with van der Waals surface area (Å²) < 4.78 is 28.7. The van der Waals surface area contributed by atoms with E-state index in [1.165, 1.54) is 4.52 Å². The second kappa shape index (κ2) is 7.40. The molecule has 2 aliphatic rings. The van der Waals surface area contributed by atoms with Gasteiger partial charge in [-0.15, -0.1) is 0 Å². The lowest BCUT2D eigenvalue weighted by atomic mass is 9.76. The van der Waals surface area contributed by atoms with E-state index in [4.69, 9.17) is 11.6 Å². The predicted molar refractivity (Wildman–Crippen MR) is 118 cm³/mol. The van der Waals surface area contributed by atoms with Crippen molar-refractivity contribution in [3.8, 4) is 11.3 Å². The number of carbonyl (C=O) groups is 1. The lowest BCUT2D eigenvalue weighted by molar-refractivity contribution is -0.0865. The van der Waals surface area contributed by atoms with E-state index < -0.39 is 36.1 Å². The molecule has 2 saturated carbocycles. The highest BCUT2D eigenvalue weighted by atomic mass is 35.5. The van der Waals surface area contributed by atoms with Crippen LogP contribution >= 0.6 is 11.6 Å².